The highest BCUT2D eigenvalue weighted by atomic mass is 16.5. The largest absolute Gasteiger partial charge is 0.469 e. The normalized spacial score (nSPS) is 21.5. The lowest BCUT2D eigenvalue weighted by molar-refractivity contribution is -0.142. The quantitative estimate of drug-likeness (QED) is 0.601. The lowest BCUT2D eigenvalue weighted by Crippen LogP contribution is -2.15. The summed E-state index contributed by atoms with van der Waals surface area (Å²) >= 11 is 0. The third-order valence-electron chi connectivity index (χ3n) is 2.19. The molecule has 1 aliphatic heterocycles. The summed E-state index contributed by atoms with van der Waals surface area (Å²) in [5, 5.41) is 0. The van der Waals surface area contributed by atoms with Gasteiger partial charge in [0.25, 0.3) is 0 Å². The molecule has 1 rings (SSSR count). The zero-order valence-electron chi connectivity index (χ0n) is 7.75. The highest BCUT2D eigenvalue weighted by Crippen LogP contribution is 2.15. The Labute approximate surface area is 77.2 Å². The molecule has 0 saturated carbocycles. The van der Waals surface area contributed by atoms with E-state index in [-0.39, 0.29) is 30.5 Å². The first-order chi connectivity index (χ1) is 6.24. The van der Waals surface area contributed by atoms with Gasteiger partial charge in [-0.05, 0) is 6.42 Å². The van der Waals surface area contributed by atoms with E-state index in [0.717, 1.165) is 6.42 Å². The molecule has 1 heterocycles. The van der Waals surface area contributed by atoms with Gasteiger partial charge in [0.05, 0.1) is 20.1 Å². The Morgan fingerprint density at radius 3 is 2.77 bits per heavy atom. The van der Waals surface area contributed by atoms with Crippen LogP contribution in [0.5, 0.6) is 0 Å². The monoisotopic (exact) mass is 186 g/mol. The minimum atomic E-state index is -0.327. The van der Waals surface area contributed by atoms with Crippen molar-refractivity contribution in [2.45, 2.75) is 19.3 Å². The first-order valence-electron chi connectivity index (χ1n) is 4.41. The number of hydrogen-bond acceptors (Lipinski definition) is 4. The Morgan fingerprint density at radius 1 is 1.46 bits per heavy atom. The van der Waals surface area contributed by atoms with E-state index in [1.807, 2.05) is 0 Å². The molecule has 1 aliphatic rings. The van der Waals surface area contributed by atoms with E-state index in [9.17, 15) is 9.59 Å². The molecule has 13 heavy (non-hydrogen) atoms. The van der Waals surface area contributed by atoms with Gasteiger partial charge in [-0.2, -0.15) is 0 Å². The maximum Gasteiger partial charge on any atom is 0.305 e. The second kappa shape index (κ2) is 4.97. The summed E-state index contributed by atoms with van der Waals surface area (Å²) in [6, 6.07) is 0. The Hall–Kier alpha value is -0.900. The summed E-state index contributed by atoms with van der Waals surface area (Å²) in [4.78, 5) is 22.1. The third-order valence-corrected chi connectivity index (χ3v) is 2.19. The summed E-state index contributed by atoms with van der Waals surface area (Å²) in [6.07, 6.45) is 1.26. The van der Waals surface area contributed by atoms with Gasteiger partial charge < -0.3 is 9.47 Å². The number of carbonyl (C=O) groups excluding carboxylic acids is 2. The first-order valence-corrected chi connectivity index (χ1v) is 4.41. The van der Waals surface area contributed by atoms with Gasteiger partial charge in [-0.25, -0.2) is 0 Å². The molecule has 0 bridgehead atoms. The molecule has 0 amide bonds. The molecular weight excluding hydrogens is 172 g/mol. The second-order valence-corrected chi connectivity index (χ2v) is 3.10. The van der Waals surface area contributed by atoms with Gasteiger partial charge in [0.1, 0.15) is 5.78 Å². The molecule has 0 aromatic heterocycles. The van der Waals surface area contributed by atoms with Crippen LogP contribution in [-0.4, -0.2) is 32.1 Å². The molecule has 0 spiro atoms. The number of ether oxygens (including phenoxy) is 2. The van der Waals surface area contributed by atoms with E-state index < -0.39 is 0 Å². The number of rotatable bonds is 4. The molecule has 1 saturated heterocycles. The summed E-state index contributed by atoms with van der Waals surface area (Å²) in [6.45, 7) is 1.18. The maximum atomic E-state index is 11.4. The van der Waals surface area contributed by atoms with Crippen LogP contribution in [0.25, 0.3) is 0 Å². The summed E-state index contributed by atoms with van der Waals surface area (Å²) in [7, 11) is 1.32. The maximum absolute atomic E-state index is 11.4. The van der Waals surface area contributed by atoms with Gasteiger partial charge in [-0.15, -0.1) is 0 Å². The fraction of sp³-hybridized carbons (Fsp3) is 0.778. The Morgan fingerprint density at radius 2 is 2.23 bits per heavy atom. The van der Waals surface area contributed by atoms with Crippen LogP contribution in [-0.2, 0) is 19.1 Å². The van der Waals surface area contributed by atoms with Crippen LogP contribution in [0.3, 0.4) is 0 Å². The Bertz CT molecular complexity index is 194. The lowest BCUT2D eigenvalue weighted by atomic mass is 10.00. The zero-order valence-corrected chi connectivity index (χ0v) is 7.75. The SMILES string of the molecule is COC(=O)CCC(=O)C1CCOC1. The molecule has 0 N–H and O–H groups in total. The van der Waals surface area contributed by atoms with Crippen LogP contribution >= 0.6 is 0 Å². The van der Waals surface area contributed by atoms with Crippen molar-refractivity contribution >= 4 is 11.8 Å². The van der Waals surface area contributed by atoms with Crippen LogP contribution in [0, 0.1) is 5.92 Å². The average molecular weight is 186 g/mol. The van der Waals surface area contributed by atoms with Crippen LogP contribution in [0.2, 0.25) is 0 Å². The van der Waals surface area contributed by atoms with Gasteiger partial charge in [-0.3, -0.25) is 9.59 Å². The van der Waals surface area contributed by atoms with Crippen molar-refractivity contribution in [3.8, 4) is 0 Å². The van der Waals surface area contributed by atoms with E-state index in [1.165, 1.54) is 7.11 Å². The number of ketones is 1. The molecule has 4 nitrogen and oxygen atoms in total. The molecular formula is C9H14O4. The van der Waals surface area contributed by atoms with Gasteiger partial charge in [0, 0.05) is 18.9 Å². The Kier molecular flexibility index (Phi) is 3.89. The van der Waals surface area contributed by atoms with Crippen LogP contribution in [0.1, 0.15) is 19.3 Å². The molecule has 0 radical (unpaired) electrons. The van der Waals surface area contributed by atoms with Crippen molar-refractivity contribution in [2.24, 2.45) is 5.92 Å². The molecule has 0 aromatic rings. The second-order valence-electron chi connectivity index (χ2n) is 3.10. The van der Waals surface area contributed by atoms with Gasteiger partial charge in [0.2, 0.25) is 0 Å². The fourth-order valence-corrected chi connectivity index (χ4v) is 1.32. The lowest BCUT2D eigenvalue weighted by Gasteiger charge is -2.04. The van der Waals surface area contributed by atoms with Crippen molar-refractivity contribution < 1.29 is 19.1 Å². The summed E-state index contributed by atoms with van der Waals surface area (Å²) in [5.74, 6) is -0.208. The minimum absolute atomic E-state index is 0.00431. The van der Waals surface area contributed by atoms with Crippen LogP contribution in [0.15, 0.2) is 0 Å². The summed E-state index contributed by atoms with van der Waals surface area (Å²) in [5.41, 5.74) is 0. The molecule has 0 aliphatic carbocycles. The smallest absolute Gasteiger partial charge is 0.305 e. The Balaban J connectivity index is 2.20. The average Bonchev–Trinajstić information content (AvgIpc) is 2.66. The third kappa shape index (κ3) is 3.14. The summed E-state index contributed by atoms with van der Waals surface area (Å²) < 4.78 is 9.52. The molecule has 1 fully saturated rings. The van der Waals surface area contributed by atoms with Gasteiger partial charge in [0.15, 0.2) is 0 Å². The molecule has 74 valence electrons. The predicted molar refractivity (Wildman–Crippen MR) is 45.2 cm³/mol. The van der Waals surface area contributed by atoms with E-state index in [4.69, 9.17) is 4.74 Å². The predicted octanol–water partition coefficient (Wildman–Crippen LogP) is 0.545. The number of methoxy groups -OCH3 is 1. The van der Waals surface area contributed by atoms with E-state index in [0.29, 0.717) is 13.2 Å². The van der Waals surface area contributed by atoms with Crippen LogP contribution in [0.4, 0.5) is 0 Å². The highest BCUT2D eigenvalue weighted by molar-refractivity contribution is 5.84. The number of Topliss-reactive ketones (excluding diaryl/α,β-unsaturated/α-hetero) is 1. The molecule has 0 aromatic carbocycles. The van der Waals surface area contributed by atoms with Crippen molar-refractivity contribution in [2.75, 3.05) is 20.3 Å². The van der Waals surface area contributed by atoms with Crippen molar-refractivity contribution in [1.29, 1.82) is 0 Å². The standard InChI is InChI=1S/C9H14O4/c1-12-9(11)3-2-8(10)7-4-5-13-6-7/h7H,2-6H2,1H3. The van der Waals surface area contributed by atoms with Gasteiger partial charge >= 0.3 is 5.97 Å². The van der Waals surface area contributed by atoms with E-state index >= 15 is 0 Å². The zero-order chi connectivity index (χ0) is 9.68. The highest BCUT2D eigenvalue weighted by Gasteiger charge is 2.23. The number of hydrogen-bond donors (Lipinski definition) is 0. The number of esters is 1. The van der Waals surface area contributed by atoms with Crippen molar-refractivity contribution in [3.63, 3.8) is 0 Å². The topological polar surface area (TPSA) is 52.6 Å². The van der Waals surface area contributed by atoms with Crippen molar-refractivity contribution in [3.05, 3.63) is 0 Å². The van der Waals surface area contributed by atoms with Crippen LogP contribution < -0.4 is 0 Å². The molecule has 1 atom stereocenters. The number of carbonyl (C=O) groups is 2. The fourth-order valence-electron chi connectivity index (χ4n) is 1.32. The molecule has 4 heteroatoms. The van der Waals surface area contributed by atoms with E-state index in [2.05, 4.69) is 4.74 Å². The van der Waals surface area contributed by atoms with Gasteiger partial charge in [-0.1, -0.05) is 0 Å². The molecule has 1 unspecified atom stereocenters. The first kappa shape index (κ1) is 10.2. The minimum Gasteiger partial charge on any atom is -0.469 e. The van der Waals surface area contributed by atoms with E-state index in [1.54, 1.807) is 0 Å². The van der Waals surface area contributed by atoms with Crippen molar-refractivity contribution in [1.82, 2.24) is 0 Å².